The van der Waals surface area contributed by atoms with Gasteiger partial charge in [-0.15, -0.1) is 0 Å². The van der Waals surface area contributed by atoms with Crippen LogP contribution in [0, 0.1) is 0 Å². The standard InChI is InChI=1S/C29H31Cl3N4O/c1-17(13-20-12-11-18(2)35(20)3)34-19-14-22(21-7-4-5-8-24(21)30)23-16-33-29(37)36(27(23)15-19)28-25(31)9-6-10-26(28)32/h4-10,14-15,17-18,20,34H,11-13,16H2,1-3H3,(H,33,37). The van der Waals surface area contributed by atoms with Crippen LogP contribution in [-0.4, -0.2) is 36.1 Å². The van der Waals surface area contributed by atoms with Gasteiger partial charge >= 0.3 is 6.03 Å². The molecule has 0 aliphatic carbocycles. The third kappa shape index (κ3) is 5.15. The normalized spacial score (nSPS) is 20.5. The molecule has 8 heteroatoms. The molecule has 0 saturated carbocycles. The van der Waals surface area contributed by atoms with E-state index >= 15 is 0 Å². The lowest BCUT2D eigenvalue weighted by Crippen LogP contribution is -2.41. The highest BCUT2D eigenvalue weighted by Crippen LogP contribution is 2.45. The van der Waals surface area contributed by atoms with Gasteiger partial charge in [-0.1, -0.05) is 59.1 Å². The maximum absolute atomic E-state index is 13.3. The Balaban J connectivity index is 1.60. The van der Waals surface area contributed by atoms with Crippen LogP contribution in [0.15, 0.2) is 54.6 Å². The molecule has 1 saturated heterocycles. The van der Waals surface area contributed by atoms with Crippen molar-refractivity contribution in [2.24, 2.45) is 0 Å². The van der Waals surface area contributed by atoms with E-state index in [9.17, 15) is 4.79 Å². The molecule has 194 valence electrons. The summed E-state index contributed by atoms with van der Waals surface area (Å²) in [6, 6.07) is 18.3. The van der Waals surface area contributed by atoms with Crippen molar-refractivity contribution in [2.75, 3.05) is 17.3 Å². The number of urea groups is 1. The van der Waals surface area contributed by atoms with Crippen LogP contribution >= 0.6 is 34.8 Å². The monoisotopic (exact) mass is 556 g/mol. The second-order valence-corrected chi connectivity index (χ2v) is 11.3. The first-order valence-electron chi connectivity index (χ1n) is 12.7. The van der Waals surface area contributed by atoms with Crippen LogP contribution in [0.25, 0.3) is 11.1 Å². The Morgan fingerprint density at radius 2 is 1.70 bits per heavy atom. The van der Waals surface area contributed by atoms with E-state index in [4.69, 9.17) is 34.8 Å². The molecule has 3 unspecified atom stereocenters. The molecule has 3 aromatic rings. The Labute approximate surface area is 233 Å². The number of nitrogens with zero attached hydrogens (tertiary/aromatic N) is 2. The van der Waals surface area contributed by atoms with Crippen molar-refractivity contribution >= 4 is 57.9 Å². The summed E-state index contributed by atoms with van der Waals surface area (Å²) in [7, 11) is 2.22. The van der Waals surface area contributed by atoms with Gasteiger partial charge in [-0.3, -0.25) is 4.90 Å². The van der Waals surface area contributed by atoms with Crippen LogP contribution in [0.4, 0.5) is 21.9 Å². The van der Waals surface area contributed by atoms with E-state index < -0.39 is 0 Å². The van der Waals surface area contributed by atoms with Crippen molar-refractivity contribution in [3.8, 4) is 11.1 Å². The van der Waals surface area contributed by atoms with Gasteiger partial charge in [0.1, 0.15) is 0 Å². The van der Waals surface area contributed by atoms with Gasteiger partial charge in [-0.2, -0.15) is 0 Å². The van der Waals surface area contributed by atoms with E-state index in [2.05, 4.69) is 42.5 Å². The zero-order valence-corrected chi connectivity index (χ0v) is 23.5. The Morgan fingerprint density at radius 3 is 2.38 bits per heavy atom. The van der Waals surface area contributed by atoms with Crippen LogP contribution in [-0.2, 0) is 6.54 Å². The zero-order valence-electron chi connectivity index (χ0n) is 21.2. The van der Waals surface area contributed by atoms with E-state index in [1.54, 1.807) is 23.1 Å². The number of fused-ring (bicyclic) bond motifs is 1. The number of para-hydroxylation sites is 1. The summed E-state index contributed by atoms with van der Waals surface area (Å²) < 4.78 is 0. The molecule has 2 N–H and O–H groups in total. The fourth-order valence-corrected chi connectivity index (χ4v) is 6.36. The minimum atomic E-state index is -0.278. The highest BCUT2D eigenvalue weighted by atomic mass is 35.5. The van der Waals surface area contributed by atoms with Crippen molar-refractivity contribution in [3.05, 3.63) is 75.2 Å². The smallest absolute Gasteiger partial charge is 0.326 e. The number of carbonyl (C=O) groups is 1. The lowest BCUT2D eigenvalue weighted by Gasteiger charge is -2.34. The van der Waals surface area contributed by atoms with Gasteiger partial charge in [-0.25, -0.2) is 4.79 Å². The van der Waals surface area contributed by atoms with Crippen molar-refractivity contribution in [3.63, 3.8) is 0 Å². The molecule has 2 heterocycles. The number of amides is 2. The Hall–Kier alpha value is -2.44. The molecule has 2 amide bonds. The Bertz CT molecular complexity index is 1310. The van der Waals surface area contributed by atoms with E-state index in [1.165, 1.54) is 12.8 Å². The molecule has 37 heavy (non-hydrogen) atoms. The summed E-state index contributed by atoms with van der Waals surface area (Å²) in [6.45, 7) is 4.87. The molecule has 0 aromatic heterocycles. The Kier molecular flexibility index (Phi) is 7.60. The number of rotatable bonds is 6. The summed E-state index contributed by atoms with van der Waals surface area (Å²) in [5, 5.41) is 8.15. The maximum atomic E-state index is 13.3. The number of carbonyl (C=O) groups excluding carboxylic acids is 1. The topological polar surface area (TPSA) is 47.6 Å². The molecule has 1 fully saturated rings. The lowest BCUT2D eigenvalue weighted by atomic mass is 9.94. The number of anilines is 3. The van der Waals surface area contributed by atoms with Crippen LogP contribution in [0.5, 0.6) is 0 Å². The van der Waals surface area contributed by atoms with Gasteiger partial charge < -0.3 is 15.5 Å². The number of benzene rings is 3. The average molecular weight is 558 g/mol. The molecule has 5 rings (SSSR count). The number of hydrogen-bond donors (Lipinski definition) is 2. The van der Waals surface area contributed by atoms with Gasteiger partial charge in [0.25, 0.3) is 0 Å². The summed E-state index contributed by atoms with van der Waals surface area (Å²) in [4.78, 5) is 17.3. The third-order valence-electron chi connectivity index (χ3n) is 7.64. The van der Waals surface area contributed by atoms with Gasteiger partial charge in [-0.05, 0) is 76.1 Å². The number of halogens is 3. The second-order valence-electron chi connectivity index (χ2n) is 10.1. The second kappa shape index (κ2) is 10.7. The maximum Gasteiger partial charge on any atom is 0.326 e. The fraction of sp³-hybridized carbons (Fsp3) is 0.345. The highest BCUT2D eigenvalue weighted by Gasteiger charge is 2.32. The SMILES string of the molecule is CC(CC1CCC(C)N1C)Nc1cc(-c2ccccc2Cl)c2c(c1)N(c1c(Cl)cccc1Cl)C(=O)NC2. The van der Waals surface area contributed by atoms with E-state index in [0.717, 1.165) is 34.5 Å². The molecule has 0 spiro atoms. The van der Waals surface area contributed by atoms with Gasteiger partial charge in [0, 0.05) is 46.5 Å². The number of hydrogen-bond acceptors (Lipinski definition) is 3. The van der Waals surface area contributed by atoms with Crippen LogP contribution < -0.4 is 15.5 Å². The van der Waals surface area contributed by atoms with Crippen molar-refractivity contribution in [1.29, 1.82) is 0 Å². The molecule has 5 nitrogen and oxygen atoms in total. The van der Waals surface area contributed by atoms with E-state index in [-0.39, 0.29) is 12.1 Å². The molecule has 3 aromatic carbocycles. The molecule has 0 bridgehead atoms. The van der Waals surface area contributed by atoms with Gasteiger partial charge in [0.15, 0.2) is 0 Å². The van der Waals surface area contributed by atoms with Gasteiger partial charge in [0.2, 0.25) is 0 Å². The first kappa shape index (κ1) is 26.2. The van der Waals surface area contributed by atoms with Crippen LogP contribution in [0.2, 0.25) is 15.1 Å². The lowest BCUT2D eigenvalue weighted by molar-refractivity contribution is 0.238. The molecule has 2 aliphatic rings. The number of likely N-dealkylation sites (tertiary alicyclic amines) is 1. The third-order valence-corrected chi connectivity index (χ3v) is 8.58. The quantitative estimate of drug-likeness (QED) is 0.320. The highest BCUT2D eigenvalue weighted by molar-refractivity contribution is 6.40. The minimum Gasteiger partial charge on any atom is -0.382 e. The Morgan fingerprint density at radius 1 is 1.00 bits per heavy atom. The van der Waals surface area contributed by atoms with E-state index in [1.807, 2.05) is 30.3 Å². The summed E-state index contributed by atoms with van der Waals surface area (Å²) in [6.07, 6.45) is 3.46. The van der Waals surface area contributed by atoms with Crippen molar-refractivity contribution in [1.82, 2.24) is 10.2 Å². The molecular weight excluding hydrogens is 527 g/mol. The molecule has 0 radical (unpaired) electrons. The van der Waals surface area contributed by atoms with Gasteiger partial charge in [0.05, 0.1) is 21.4 Å². The molecule has 2 aliphatic heterocycles. The summed E-state index contributed by atoms with van der Waals surface area (Å²) >= 11 is 19.8. The summed E-state index contributed by atoms with van der Waals surface area (Å²) in [5.41, 5.74) is 4.92. The van der Waals surface area contributed by atoms with Crippen LogP contribution in [0.1, 0.15) is 38.7 Å². The first-order valence-corrected chi connectivity index (χ1v) is 13.8. The zero-order chi connectivity index (χ0) is 26.3. The van der Waals surface area contributed by atoms with Crippen molar-refractivity contribution < 1.29 is 4.79 Å². The van der Waals surface area contributed by atoms with Crippen LogP contribution in [0.3, 0.4) is 0 Å². The van der Waals surface area contributed by atoms with Crippen molar-refractivity contribution in [2.45, 2.75) is 57.8 Å². The average Bonchev–Trinajstić information content (AvgIpc) is 3.17. The molecular formula is C29H31Cl3N4O. The summed E-state index contributed by atoms with van der Waals surface area (Å²) in [5.74, 6) is 0. The predicted octanol–water partition coefficient (Wildman–Crippen LogP) is 8.35. The first-order chi connectivity index (χ1) is 17.7. The van der Waals surface area contributed by atoms with E-state index in [0.29, 0.717) is 39.4 Å². The largest absolute Gasteiger partial charge is 0.382 e. The fourth-order valence-electron chi connectivity index (χ4n) is 5.56. The molecule has 3 atom stereocenters. The predicted molar refractivity (Wildman–Crippen MR) is 156 cm³/mol. The number of nitrogens with one attached hydrogen (secondary N) is 2. The minimum absolute atomic E-state index is 0.227.